The summed E-state index contributed by atoms with van der Waals surface area (Å²) in [6.45, 7) is 6.05. The Morgan fingerprint density at radius 3 is 2.58 bits per heavy atom. The number of ether oxygens (including phenoxy) is 2. The lowest BCUT2D eigenvalue weighted by Crippen LogP contribution is -2.67. The number of halogens is 1. The van der Waals surface area contributed by atoms with E-state index in [1.54, 1.807) is 7.11 Å². The van der Waals surface area contributed by atoms with E-state index in [-0.39, 0.29) is 36.2 Å². The van der Waals surface area contributed by atoms with Crippen molar-refractivity contribution >= 4 is 33.4 Å². The molecule has 0 bridgehead atoms. The van der Waals surface area contributed by atoms with Crippen molar-refractivity contribution in [3.63, 3.8) is 0 Å². The highest BCUT2D eigenvalue weighted by atomic mass is 35.5. The molecule has 9 nitrogen and oxygen atoms in total. The number of anilines is 1. The summed E-state index contributed by atoms with van der Waals surface area (Å²) in [4.78, 5) is 17.8. The molecule has 1 amide bonds. The van der Waals surface area contributed by atoms with Crippen LogP contribution in [-0.2, 0) is 25.2 Å². The number of benzene rings is 1. The molecule has 1 atom stereocenters. The van der Waals surface area contributed by atoms with Crippen LogP contribution >= 0.6 is 11.6 Å². The second-order valence-electron chi connectivity index (χ2n) is 8.48. The molecule has 180 valence electrons. The Bertz CT molecular complexity index is 1120. The van der Waals surface area contributed by atoms with Crippen LogP contribution in [0.1, 0.15) is 37.8 Å². The second-order valence-corrected chi connectivity index (χ2v) is 10.4. The molecule has 1 fully saturated rings. The van der Waals surface area contributed by atoms with Gasteiger partial charge in [0.25, 0.3) is 10.2 Å². The molecule has 2 heterocycles. The summed E-state index contributed by atoms with van der Waals surface area (Å²) in [7, 11) is -2.37. The zero-order chi connectivity index (χ0) is 24.4. The molecule has 1 aliphatic rings. The third-order valence-electron chi connectivity index (χ3n) is 5.60. The van der Waals surface area contributed by atoms with Gasteiger partial charge in [0.15, 0.2) is 0 Å². The number of nitrogens with two attached hydrogens (primary N) is 1. The number of amides is 1. The third kappa shape index (κ3) is 5.47. The summed E-state index contributed by atoms with van der Waals surface area (Å²) >= 11 is 6.04. The summed E-state index contributed by atoms with van der Waals surface area (Å²) < 4.78 is 35.9. The van der Waals surface area contributed by atoms with Crippen molar-refractivity contribution < 1.29 is 22.7 Å². The number of nitrogens with one attached hydrogen (secondary N) is 1. The molecule has 1 aromatic carbocycles. The van der Waals surface area contributed by atoms with Crippen LogP contribution in [0.25, 0.3) is 0 Å². The van der Waals surface area contributed by atoms with Gasteiger partial charge in [-0.15, -0.1) is 0 Å². The Hall–Kier alpha value is -2.24. The van der Waals surface area contributed by atoms with Gasteiger partial charge in [0, 0.05) is 26.3 Å². The Morgan fingerprint density at radius 2 is 1.97 bits per heavy atom. The van der Waals surface area contributed by atoms with E-state index in [1.165, 1.54) is 12.3 Å². The fourth-order valence-electron chi connectivity index (χ4n) is 3.94. The number of aromatic nitrogens is 1. The first-order chi connectivity index (χ1) is 15.5. The lowest BCUT2D eigenvalue weighted by atomic mass is 9.71. The second kappa shape index (κ2) is 9.94. The van der Waals surface area contributed by atoms with Gasteiger partial charge in [0.1, 0.15) is 28.1 Å². The third-order valence-corrected chi connectivity index (χ3v) is 6.78. The fraction of sp³-hybridized carbons (Fsp3) is 0.455. The van der Waals surface area contributed by atoms with E-state index in [2.05, 4.69) is 10.3 Å². The van der Waals surface area contributed by atoms with E-state index in [1.807, 2.05) is 45.0 Å². The number of pyridine rings is 1. The van der Waals surface area contributed by atoms with Crippen molar-refractivity contribution in [2.45, 2.75) is 38.2 Å². The maximum Gasteiger partial charge on any atom is 0.276 e. The fourth-order valence-corrected chi connectivity index (χ4v) is 4.89. The van der Waals surface area contributed by atoms with E-state index in [0.717, 1.165) is 15.4 Å². The van der Waals surface area contributed by atoms with Gasteiger partial charge in [0.2, 0.25) is 5.91 Å². The van der Waals surface area contributed by atoms with E-state index in [9.17, 15) is 13.2 Å². The lowest BCUT2D eigenvalue weighted by molar-refractivity contribution is -0.125. The van der Waals surface area contributed by atoms with Gasteiger partial charge in [0.05, 0.1) is 12.8 Å². The number of methoxy groups -OCH3 is 1. The molecule has 1 saturated heterocycles. The van der Waals surface area contributed by atoms with Crippen molar-refractivity contribution in [1.29, 1.82) is 0 Å². The summed E-state index contributed by atoms with van der Waals surface area (Å²) in [5.41, 5.74) is 0.918. The standard InChI is InChI=1S/C22H29ClN4O5S/c1-14(2)16-7-5-6-8-17(16)22(12-27(13-22)33(24,29)30)21(28)26-18-10-25-20(23)9-19(18)32-15(3)11-31-4/h5-10,14-15H,11-13H2,1-4H3,(H,26,28)(H2,24,29,30). The monoisotopic (exact) mass is 496 g/mol. The van der Waals surface area contributed by atoms with Crippen LogP contribution < -0.4 is 15.2 Å². The summed E-state index contributed by atoms with van der Waals surface area (Å²) in [6, 6.07) is 9.04. The Labute approximate surface area is 199 Å². The molecule has 1 unspecified atom stereocenters. The van der Waals surface area contributed by atoms with Gasteiger partial charge in [-0.1, -0.05) is 49.7 Å². The average Bonchev–Trinajstić information content (AvgIpc) is 2.68. The van der Waals surface area contributed by atoms with Gasteiger partial charge in [-0.3, -0.25) is 4.79 Å². The molecule has 0 aliphatic carbocycles. The zero-order valence-corrected chi connectivity index (χ0v) is 20.6. The molecule has 0 spiro atoms. The maximum absolute atomic E-state index is 13.7. The highest BCUT2D eigenvalue weighted by Gasteiger charge is 2.55. The molecule has 3 N–H and O–H groups in total. The van der Waals surface area contributed by atoms with Crippen LogP contribution in [0.4, 0.5) is 5.69 Å². The number of carbonyl (C=O) groups is 1. The Morgan fingerprint density at radius 1 is 1.30 bits per heavy atom. The highest BCUT2D eigenvalue weighted by molar-refractivity contribution is 7.86. The molecule has 0 radical (unpaired) electrons. The first kappa shape index (κ1) is 25.4. The molecular formula is C22H29ClN4O5S. The topological polar surface area (TPSA) is 124 Å². The molecule has 0 saturated carbocycles. The van der Waals surface area contributed by atoms with Crippen molar-refractivity contribution in [2.24, 2.45) is 5.14 Å². The normalized spacial score (nSPS) is 16.8. The number of rotatable bonds is 9. The summed E-state index contributed by atoms with van der Waals surface area (Å²) in [6.07, 6.45) is 1.11. The predicted octanol–water partition coefficient (Wildman–Crippen LogP) is 2.67. The van der Waals surface area contributed by atoms with E-state index >= 15 is 0 Å². The minimum absolute atomic E-state index is 0.0707. The summed E-state index contributed by atoms with van der Waals surface area (Å²) in [5.74, 6) is 0.0760. The molecule has 1 aliphatic heterocycles. The van der Waals surface area contributed by atoms with Gasteiger partial charge in [-0.25, -0.2) is 10.1 Å². The number of carbonyl (C=O) groups excluding carboxylic acids is 1. The van der Waals surface area contributed by atoms with E-state index < -0.39 is 15.6 Å². The molecule has 2 aromatic rings. The first-order valence-corrected chi connectivity index (χ1v) is 12.4. The quantitative estimate of drug-likeness (QED) is 0.514. The minimum Gasteiger partial charge on any atom is -0.486 e. The number of hydrogen-bond donors (Lipinski definition) is 2. The smallest absolute Gasteiger partial charge is 0.276 e. The van der Waals surface area contributed by atoms with Gasteiger partial charge >= 0.3 is 0 Å². The molecule has 33 heavy (non-hydrogen) atoms. The maximum atomic E-state index is 13.7. The number of nitrogens with zero attached hydrogens (tertiary/aromatic N) is 2. The van der Waals surface area contributed by atoms with Crippen LogP contribution in [0.15, 0.2) is 36.5 Å². The number of hydrogen-bond acceptors (Lipinski definition) is 6. The minimum atomic E-state index is -3.94. The van der Waals surface area contributed by atoms with Gasteiger partial charge < -0.3 is 14.8 Å². The van der Waals surface area contributed by atoms with Crippen LogP contribution in [0.5, 0.6) is 5.75 Å². The molecule has 11 heteroatoms. The predicted molar refractivity (Wildman–Crippen MR) is 127 cm³/mol. The van der Waals surface area contributed by atoms with Crippen LogP contribution in [0, 0.1) is 0 Å². The zero-order valence-electron chi connectivity index (χ0n) is 19.0. The SMILES string of the molecule is COCC(C)Oc1cc(Cl)ncc1NC(=O)C1(c2ccccc2C(C)C)CN(S(N)(=O)=O)C1. The lowest BCUT2D eigenvalue weighted by Gasteiger charge is -2.48. The van der Waals surface area contributed by atoms with Crippen LogP contribution in [-0.4, -0.2) is 56.5 Å². The average molecular weight is 497 g/mol. The highest BCUT2D eigenvalue weighted by Crippen LogP contribution is 2.41. The first-order valence-electron chi connectivity index (χ1n) is 10.5. The molecule has 3 rings (SSSR count). The van der Waals surface area contributed by atoms with Gasteiger partial charge in [-0.05, 0) is 24.0 Å². The van der Waals surface area contributed by atoms with E-state index in [4.69, 9.17) is 26.2 Å². The van der Waals surface area contributed by atoms with Crippen molar-refractivity contribution in [3.05, 3.63) is 52.8 Å². The van der Waals surface area contributed by atoms with Crippen molar-refractivity contribution in [1.82, 2.24) is 9.29 Å². The van der Waals surface area contributed by atoms with Crippen molar-refractivity contribution in [3.8, 4) is 5.75 Å². The van der Waals surface area contributed by atoms with Crippen molar-refractivity contribution in [2.75, 3.05) is 32.1 Å². The summed E-state index contributed by atoms with van der Waals surface area (Å²) in [5, 5.41) is 8.41. The Balaban J connectivity index is 1.99. The van der Waals surface area contributed by atoms with Crippen LogP contribution in [0.3, 0.4) is 0 Å². The largest absolute Gasteiger partial charge is 0.486 e. The molecular weight excluding hydrogens is 468 g/mol. The molecule has 1 aromatic heterocycles. The van der Waals surface area contributed by atoms with Gasteiger partial charge in [-0.2, -0.15) is 12.7 Å². The van der Waals surface area contributed by atoms with E-state index in [0.29, 0.717) is 18.0 Å². The van der Waals surface area contributed by atoms with Crippen LogP contribution in [0.2, 0.25) is 5.15 Å². The Kier molecular flexibility index (Phi) is 7.65.